The molecule has 0 bridgehead atoms. The van der Waals surface area contributed by atoms with Crippen molar-refractivity contribution < 1.29 is 19.1 Å². The predicted octanol–water partition coefficient (Wildman–Crippen LogP) is 2.26. The number of benzene rings is 1. The van der Waals surface area contributed by atoms with Gasteiger partial charge in [0, 0.05) is 0 Å². The van der Waals surface area contributed by atoms with E-state index in [1.807, 2.05) is 0 Å². The molecule has 0 saturated carbocycles. The van der Waals surface area contributed by atoms with Gasteiger partial charge < -0.3 is 14.8 Å². The first kappa shape index (κ1) is 14.1. The largest absolute Gasteiger partial charge is 0.495 e. The van der Waals surface area contributed by atoms with E-state index in [0.29, 0.717) is 0 Å². The first-order valence-electron chi connectivity index (χ1n) is 4.92. The lowest BCUT2D eigenvalue weighted by Crippen LogP contribution is -2.10. The maximum absolute atomic E-state index is 11.4. The molecule has 0 aliphatic carbocycles. The van der Waals surface area contributed by atoms with E-state index < -0.39 is 11.9 Å². The van der Waals surface area contributed by atoms with Gasteiger partial charge in [-0.15, -0.1) is 0 Å². The van der Waals surface area contributed by atoms with Crippen LogP contribution < -0.4 is 10.1 Å². The van der Waals surface area contributed by atoms with Crippen LogP contribution in [-0.4, -0.2) is 26.1 Å². The van der Waals surface area contributed by atoms with Crippen LogP contribution in [0.2, 0.25) is 5.02 Å². The van der Waals surface area contributed by atoms with Gasteiger partial charge in [0.2, 0.25) is 5.91 Å². The van der Waals surface area contributed by atoms with E-state index in [9.17, 15) is 9.59 Å². The summed E-state index contributed by atoms with van der Waals surface area (Å²) in [6.07, 6.45) is 1.09. The van der Waals surface area contributed by atoms with E-state index in [1.165, 1.54) is 26.4 Å². The second kappa shape index (κ2) is 6.07. The van der Waals surface area contributed by atoms with Crippen LogP contribution in [0.5, 0.6) is 5.75 Å². The summed E-state index contributed by atoms with van der Waals surface area (Å²) in [6.45, 7) is 3.32. The van der Waals surface area contributed by atoms with Crippen LogP contribution in [0.25, 0.3) is 0 Å². The van der Waals surface area contributed by atoms with Gasteiger partial charge in [0.25, 0.3) is 0 Å². The summed E-state index contributed by atoms with van der Waals surface area (Å²) in [5.74, 6) is -0.737. The van der Waals surface area contributed by atoms with Crippen molar-refractivity contribution in [2.24, 2.45) is 0 Å². The molecule has 1 rings (SSSR count). The van der Waals surface area contributed by atoms with Gasteiger partial charge in [-0.3, -0.25) is 4.79 Å². The number of rotatable bonds is 4. The smallest absolute Gasteiger partial charge is 0.338 e. The molecule has 0 heterocycles. The first-order chi connectivity index (χ1) is 8.53. The highest BCUT2D eigenvalue weighted by atomic mass is 35.5. The molecule has 0 fully saturated rings. The number of ether oxygens (including phenoxy) is 2. The molecular weight excluding hydrogens is 258 g/mol. The van der Waals surface area contributed by atoms with Crippen LogP contribution in [-0.2, 0) is 9.53 Å². The molecule has 0 saturated heterocycles. The Hall–Kier alpha value is -2.01. The second-order valence-corrected chi connectivity index (χ2v) is 3.60. The van der Waals surface area contributed by atoms with Crippen LogP contribution in [0.3, 0.4) is 0 Å². The SMILES string of the molecule is C=CC(=O)Nc1cc(C(=O)OC)cc(OC)c1Cl. The zero-order chi connectivity index (χ0) is 13.7. The average molecular weight is 270 g/mol. The summed E-state index contributed by atoms with van der Waals surface area (Å²) in [5.41, 5.74) is 0.472. The number of halogens is 1. The van der Waals surface area contributed by atoms with Crippen LogP contribution in [0.1, 0.15) is 10.4 Å². The minimum atomic E-state index is -0.556. The number of methoxy groups -OCH3 is 2. The summed E-state index contributed by atoms with van der Waals surface area (Å²) in [5, 5.41) is 2.67. The highest BCUT2D eigenvalue weighted by Gasteiger charge is 2.15. The van der Waals surface area contributed by atoms with Gasteiger partial charge in [0.15, 0.2) is 0 Å². The van der Waals surface area contributed by atoms with E-state index >= 15 is 0 Å². The zero-order valence-corrected chi connectivity index (χ0v) is 10.7. The molecule has 1 N–H and O–H groups in total. The highest BCUT2D eigenvalue weighted by Crippen LogP contribution is 2.33. The fourth-order valence-electron chi connectivity index (χ4n) is 1.26. The molecular formula is C12H12ClNO4. The molecule has 96 valence electrons. The Kier molecular flexibility index (Phi) is 4.74. The predicted molar refractivity (Wildman–Crippen MR) is 68.2 cm³/mol. The lowest BCUT2D eigenvalue weighted by Gasteiger charge is -2.11. The summed E-state index contributed by atoms with van der Waals surface area (Å²) < 4.78 is 9.61. The van der Waals surface area contributed by atoms with Crippen LogP contribution in [0.15, 0.2) is 24.8 Å². The molecule has 0 unspecified atom stereocenters. The minimum absolute atomic E-state index is 0.195. The second-order valence-electron chi connectivity index (χ2n) is 3.23. The third kappa shape index (κ3) is 3.01. The van der Waals surface area contributed by atoms with Gasteiger partial charge in [0.05, 0.1) is 25.5 Å². The van der Waals surface area contributed by atoms with E-state index in [4.69, 9.17) is 16.3 Å². The molecule has 0 aromatic heterocycles. The zero-order valence-electron chi connectivity index (χ0n) is 9.95. The van der Waals surface area contributed by atoms with E-state index in [-0.39, 0.29) is 22.0 Å². The summed E-state index contributed by atoms with van der Waals surface area (Å²) in [7, 11) is 2.66. The fourth-order valence-corrected chi connectivity index (χ4v) is 1.49. The van der Waals surface area contributed by atoms with Crippen LogP contribution >= 0.6 is 11.6 Å². The number of carbonyl (C=O) groups excluding carboxylic acids is 2. The fraction of sp³-hybridized carbons (Fsp3) is 0.167. The molecule has 6 heteroatoms. The number of amides is 1. The van der Waals surface area contributed by atoms with Crippen molar-refractivity contribution in [3.05, 3.63) is 35.4 Å². The molecule has 1 amide bonds. The van der Waals surface area contributed by atoms with E-state index in [1.54, 1.807) is 0 Å². The summed E-state index contributed by atoms with van der Waals surface area (Å²) >= 11 is 6.00. The molecule has 0 aliphatic heterocycles. The lowest BCUT2D eigenvalue weighted by atomic mass is 10.2. The topological polar surface area (TPSA) is 64.6 Å². The first-order valence-corrected chi connectivity index (χ1v) is 5.30. The number of anilines is 1. The number of hydrogen-bond acceptors (Lipinski definition) is 4. The Morgan fingerprint density at radius 1 is 1.39 bits per heavy atom. The third-order valence-electron chi connectivity index (χ3n) is 2.12. The van der Waals surface area contributed by atoms with E-state index in [0.717, 1.165) is 6.08 Å². The third-order valence-corrected chi connectivity index (χ3v) is 2.51. The van der Waals surface area contributed by atoms with Crippen molar-refractivity contribution in [2.75, 3.05) is 19.5 Å². The van der Waals surface area contributed by atoms with Gasteiger partial charge in [-0.25, -0.2) is 4.79 Å². The van der Waals surface area contributed by atoms with Crippen molar-refractivity contribution in [2.45, 2.75) is 0 Å². The molecule has 0 atom stereocenters. The van der Waals surface area contributed by atoms with Crippen molar-refractivity contribution in [3.63, 3.8) is 0 Å². The van der Waals surface area contributed by atoms with Gasteiger partial charge in [-0.1, -0.05) is 18.2 Å². The molecule has 18 heavy (non-hydrogen) atoms. The Bertz CT molecular complexity index is 499. The standard InChI is InChI=1S/C12H12ClNO4/c1-4-10(15)14-8-5-7(12(16)18-3)6-9(17-2)11(8)13/h4-6H,1H2,2-3H3,(H,14,15). The monoisotopic (exact) mass is 269 g/mol. The highest BCUT2D eigenvalue weighted by molar-refractivity contribution is 6.35. The normalized spacial score (nSPS) is 9.50. The molecule has 1 aromatic rings. The van der Waals surface area contributed by atoms with Gasteiger partial charge in [0.1, 0.15) is 10.8 Å². The lowest BCUT2D eigenvalue weighted by molar-refractivity contribution is -0.111. The number of carbonyl (C=O) groups is 2. The maximum atomic E-state index is 11.4. The van der Waals surface area contributed by atoms with Crippen molar-refractivity contribution >= 4 is 29.2 Å². The average Bonchev–Trinajstić information content (AvgIpc) is 2.39. The number of hydrogen-bond donors (Lipinski definition) is 1. The molecule has 0 spiro atoms. The Morgan fingerprint density at radius 3 is 2.56 bits per heavy atom. The van der Waals surface area contributed by atoms with Crippen molar-refractivity contribution in [3.8, 4) is 5.75 Å². The van der Waals surface area contributed by atoms with Crippen LogP contribution in [0.4, 0.5) is 5.69 Å². The van der Waals surface area contributed by atoms with Crippen molar-refractivity contribution in [1.29, 1.82) is 0 Å². The molecule has 0 aliphatic rings. The van der Waals surface area contributed by atoms with Crippen molar-refractivity contribution in [1.82, 2.24) is 0 Å². The molecule has 0 radical (unpaired) electrons. The quantitative estimate of drug-likeness (QED) is 0.673. The molecule has 5 nitrogen and oxygen atoms in total. The number of nitrogens with one attached hydrogen (secondary N) is 1. The maximum Gasteiger partial charge on any atom is 0.338 e. The summed E-state index contributed by atoms with van der Waals surface area (Å²) in [6, 6.07) is 2.83. The molecule has 1 aromatic carbocycles. The van der Waals surface area contributed by atoms with Gasteiger partial charge >= 0.3 is 5.97 Å². The van der Waals surface area contributed by atoms with Gasteiger partial charge in [-0.05, 0) is 18.2 Å². The minimum Gasteiger partial charge on any atom is -0.495 e. The van der Waals surface area contributed by atoms with Crippen LogP contribution in [0, 0.1) is 0 Å². The van der Waals surface area contributed by atoms with Gasteiger partial charge in [-0.2, -0.15) is 0 Å². The Labute approximate surface area is 109 Å². The Morgan fingerprint density at radius 2 is 2.06 bits per heavy atom. The Balaban J connectivity index is 3.26. The van der Waals surface area contributed by atoms with E-state index in [2.05, 4.69) is 16.6 Å². The number of esters is 1. The summed E-state index contributed by atoms with van der Waals surface area (Å²) in [4.78, 5) is 22.7.